The highest BCUT2D eigenvalue weighted by Crippen LogP contribution is 2.23. The van der Waals surface area contributed by atoms with Crippen LogP contribution in [-0.4, -0.2) is 0 Å². The van der Waals surface area contributed by atoms with Crippen molar-refractivity contribution >= 4 is 21.6 Å². The number of halogens is 3. The van der Waals surface area contributed by atoms with E-state index in [9.17, 15) is 8.78 Å². The fourth-order valence-electron chi connectivity index (χ4n) is 1.63. The maximum atomic E-state index is 13.4. The Labute approximate surface area is 117 Å². The van der Waals surface area contributed by atoms with E-state index in [1.54, 1.807) is 12.1 Å². The minimum absolute atomic E-state index is 0.332. The van der Waals surface area contributed by atoms with Gasteiger partial charge in [-0.05, 0) is 51.8 Å². The summed E-state index contributed by atoms with van der Waals surface area (Å²) in [6.07, 6.45) is 0. The molecule has 2 aromatic carbocycles. The maximum Gasteiger partial charge on any atom is 0.140 e. The van der Waals surface area contributed by atoms with Crippen molar-refractivity contribution in [3.63, 3.8) is 0 Å². The second-order valence-electron chi connectivity index (χ2n) is 3.89. The second kappa shape index (κ2) is 5.81. The Balaban J connectivity index is 2.25. The number of benzene rings is 2. The molecule has 0 saturated heterocycles. The van der Waals surface area contributed by atoms with E-state index in [2.05, 4.69) is 21.2 Å². The summed E-state index contributed by atoms with van der Waals surface area (Å²) in [6, 6.07) is 11.5. The highest BCUT2D eigenvalue weighted by Gasteiger charge is 2.12. The summed E-state index contributed by atoms with van der Waals surface area (Å²) in [4.78, 5) is 0. The summed E-state index contributed by atoms with van der Waals surface area (Å²) in [6.45, 7) is 0. The zero-order valence-electron chi connectivity index (χ0n) is 9.70. The predicted molar refractivity (Wildman–Crippen MR) is 72.5 cm³/mol. The third kappa shape index (κ3) is 3.30. The molecule has 0 radical (unpaired) electrons. The van der Waals surface area contributed by atoms with Crippen molar-refractivity contribution in [2.24, 2.45) is 0 Å². The Morgan fingerprint density at radius 3 is 2.58 bits per heavy atom. The van der Waals surface area contributed by atoms with E-state index in [4.69, 9.17) is 5.26 Å². The Morgan fingerprint density at radius 2 is 1.95 bits per heavy atom. The minimum atomic E-state index is -0.746. The summed E-state index contributed by atoms with van der Waals surface area (Å²) in [5.41, 5.74) is 0.947. The molecule has 2 aromatic rings. The Bertz CT molecular complexity index is 638. The molecule has 0 aliphatic heterocycles. The molecule has 0 aliphatic rings. The van der Waals surface area contributed by atoms with Gasteiger partial charge in [-0.15, -0.1) is 0 Å². The lowest BCUT2D eigenvalue weighted by Gasteiger charge is -2.13. The number of rotatable bonds is 3. The lowest BCUT2D eigenvalue weighted by Crippen LogP contribution is -2.09. The molecule has 2 nitrogen and oxygen atoms in total. The predicted octanol–water partition coefficient (Wildman–Crippen LogP) is 4.40. The Kier molecular flexibility index (Phi) is 4.13. The maximum absolute atomic E-state index is 13.4. The van der Waals surface area contributed by atoms with E-state index in [1.165, 1.54) is 30.3 Å². The van der Waals surface area contributed by atoms with Crippen molar-refractivity contribution in [3.8, 4) is 6.07 Å². The van der Waals surface area contributed by atoms with Crippen LogP contribution in [0.25, 0.3) is 0 Å². The Hall–Kier alpha value is -1.93. The number of hydrogen-bond donors (Lipinski definition) is 1. The molecular formula is C14H9BrF2N2. The molecule has 96 valence electrons. The molecule has 0 heterocycles. The van der Waals surface area contributed by atoms with Gasteiger partial charge in [0.05, 0.1) is 10.5 Å². The van der Waals surface area contributed by atoms with Crippen LogP contribution < -0.4 is 5.32 Å². The number of anilines is 1. The molecular weight excluding hydrogens is 314 g/mol. The van der Waals surface area contributed by atoms with E-state index >= 15 is 0 Å². The normalized spacial score (nSPS) is 11.7. The average molecular weight is 323 g/mol. The topological polar surface area (TPSA) is 35.8 Å². The lowest BCUT2D eigenvalue weighted by molar-refractivity contribution is 0.618. The van der Waals surface area contributed by atoms with E-state index < -0.39 is 17.7 Å². The van der Waals surface area contributed by atoms with Gasteiger partial charge in [0.25, 0.3) is 0 Å². The molecule has 0 bridgehead atoms. The highest BCUT2D eigenvalue weighted by molar-refractivity contribution is 9.10. The summed E-state index contributed by atoms with van der Waals surface area (Å²) in [7, 11) is 0. The van der Waals surface area contributed by atoms with Crippen LogP contribution >= 0.6 is 15.9 Å². The lowest BCUT2D eigenvalue weighted by atomic mass is 10.1. The third-order valence-electron chi connectivity index (χ3n) is 2.54. The second-order valence-corrected chi connectivity index (χ2v) is 4.74. The zero-order valence-corrected chi connectivity index (χ0v) is 11.3. The first-order valence-electron chi connectivity index (χ1n) is 5.47. The molecule has 19 heavy (non-hydrogen) atoms. The number of hydrogen-bond acceptors (Lipinski definition) is 2. The standard InChI is InChI=1S/C14H9BrF2N2/c15-12-5-4-9(6-13(12)17)14(8-18)19-11-3-1-2-10(16)7-11/h1-7,14,19H. The molecule has 1 N–H and O–H groups in total. The van der Waals surface area contributed by atoms with Gasteiger partial charge in [0, 0.05) is 5.69 Å². The van der Waals surface area contributed by atoms with Crippen LogP contribution in [0, 0.1) is 23.0 Å². The summed E-state index contributed by atoms with van der Waals surface area (Å²) in [5, 5.41) is 12.0. The number of nitrogens with zero attached hydrogens (tertiary/aromatic N) is 1. The molecule has 1 unspecified atom stereocenters. The van der Waals surface area contributed by atoms with E-state index in [-0.39, 0.29) is 0 Å². The molecule has 2 rings (SSSR count). The first-order chi connectivity index (χ1) is 9.10. The van der Waals surface area contributed by atoms with Gasteiger partial charge in [0.15, 0.2) is 0 Å². The molecule has 0 spiro atoms. The summed E-state index contributed by atoms with van der Waals surface area (Å²) >= 11 is 3.05. The van der Waals surface area contributed by atoms with Gasteiger partial charge >= 0.3 is 0 Å². The zero-order chi connectivity index (χ0) is 13.8. The molecule has 0 aromatic heterocycles. The van der Waals surface area contributed by atoms with Crippen LogP contribution in [0.3, 0.4) is 0 Å². The first-order valence-corrected chi connectivity index (χ1v) is 6.26. The van der Waals surface area contributed by atoms with Crippen LogP contribution in [-0.2, 0) is 0 Å². The average Bonchev–Trinajstić information content (AvgIpc) is 2.39. The van der Waals surface area contributed by atoms with Gasteiger partial charge in [-0.2, -0.15) is 5.26 Å². The molecule has 1 atom stereocenters. The van der Waals surface area contributed by atoms with Crippen LogP contribution in [0.2, 0.25) is 0 Å². The van der Waals surface area contributed by atoms with Crippen molar-refractivity contribution in [3.05, 3.63) is 64.1 Å². The Morgan fingerprint density at radius 1 is 1.16 bits per heavy atom. The smallest absolute Gasteiger partial charge is 0.140 e. The van der Waals surface area contributed by atoms with Crippen LogP contribution in [0.5, 0.6) is 0 Å². The van der Waals surface area contributed by atoms with Gasteiger partial charge in [0.2, 0.25) is 0 Å². The van der Waals surface area contributed by atoms with Gasteiger partial charge < -0.3 is 5.32 Å². The molecule has 5 heteroatoms. The van der Waals surface area contributed by atoms with Crippen molar-refractivity contribution in [1.82, 2.24) is 0 Å². The molecule has 0 saturated carbocycles. The first kappa shape index (κ1) is 13.5. The molecule has 0 amide bonds. The van der Waals surface area contributed by atoms with Crippen LogP contribution in [0.1, 0.15) is 11.6 Å². The van der Waals surface area contributed by atoms with Gasteiger partial charge in [-0.1, -0.05) is 12.1 Å². The SMILES string of the molecule is N#CC(Nc1cccc(F)c1)c1ccc(Br)c(F)c1. The molecule has 0 fully saturated rings. The summed E-state index contributed by atoms with van der Waals surface area (Å²) in [5.74, 6) is -0.845. The highest BCUT2D eigenvalue weighted by atomic mass is 79.9. The van der Waals surface area contributed by atoms with Gasteiger partial charge in [0.1, 0.15) is 17.7 Å². The van der Waals surface area contributed by atoms with E-state index in [0.29, 0.717) is 15.7 Å². The van der Waals surface area contributed by atoms with Crippen LogP contribution in [0.4, 0.5) is 14.5 Å². The quantitative estimate of drug-likeness (QED) is 0.908. The van der Waals surface area contributed by atoms with E-state index in [0.717, 1.165) is 0 Å². The van der Waals surface area contributed by atoms with Gasteiger partial charge in [-0.25, -0.2) is 8.78 Å². The fourth-order valence-corrected chi connectivity index (χ4v) is 1.87. The van der Waals surface area contributed by atoms with Gasteiger partial charge in [-0.3, -0.25) is 0 Å². The van der Waals surface area contributed by atoms with E-state index in [1.807, 2.05) is 6.07 Å². The van der Waals surface area contributed by atoms with Crippen LogP contribution in [0.15, 0.2) is 46.9 Å². The van der Waals surface area contributed by atoms with Crippen molar-refractivity contribution in [2.45, 2.75) is 6.04 Å². The molecule has 0 aliphatic carbocycles. The monoisotopic (exact) mass is 322 g/mol. The number of nitrogens with one attached hydrogen (secondary N) is 1. The number of nitriles is 1. The largest absolute Gasteiger partial charge is 0.366 e. The van der Waals surface area contributed by atoms with Crippen molar-refractivity contribution < 1.29 is 8.78 Å². The van der Waals surface area contributed by atoms with Crippen molar-refractivity contribution in [2.75, 3.05) is 5.32 Å². The third-order valence-corrected chi connectivity index (χ3v) is 3.18. The fraction of sp³-hybridized carbons (Fsp3) is 0.0714. The minimum Gasteiger partial charge on any atom is -0.366 e. The summed E-state index contributed by atoms with van der Waals surface area (Å²) < 4.78 is 26.8. The van der Waals surface area contributed by atoms with Crippen molar-refractivity contribution in [1.29, 1.82) is 5.26 Å².